The van der Waals surface area contributed by atoms with Gasteiger partial charge in [-0.15, -0.1) is 0 Å². The molecule has 2 saturated heterocycles. The molecule has 0 aromatic rings. The zero-order valence-corrected chi connectivity index (χ0v) is 17.0. The minimum absolute atomic E-state index is 0.669. The van der Waals surface area contributed by atoms with Crippen molar-refractivity contribution < 1.29 is 69.8 Å². The number of carboxylic acids is 1. The highest BCUT2D eigenvalue weighted by molar-refractivity contribution is 5.76. The van der Waals surface area contributed by atoms with Gasteiger partial charge in [0.1, 0.15) is 42.7 Å². The van der Waals surface area contributed by atoms with Gasteiger partial charge in [-0.2, -0.15) is 0 Å². The fourth-order valence-electron chi connectivity index (χ4n) is 3.56. The Morgan fingerprint density at radius 1 is 1.12 bits per heavy atom. The van der Waals surface area contributed by atoms with E-state index in [1.807, 2.05) is 0 Å². The minimum Gasteiger partial charge on any atom is -0.477 e. The van der Waals surface area contributed by atoms with E-state index in [1.165, 1.54) is 0 Å². The van der Waals surface area contributed by atoms with E-state index < -0.39 is 98.5 Å². The molecule has 10 N–H and O–H groups in total. The van der Waals surface area contributed by atoms with Crippen LogP contribution >= 0.6 is 0 Å². The summed E-state index contributed by atoms with van der Waals surface area (Å²) < 4.78 is 15.5. The molecule has 2 fully saturated rings. The van der Waals surface area contributed by atoms with Crippen LogP contribution in [0.25, 0.3) is 0 Å². The number of carbonyl (C=O) groups excluding carboxylic acids is 1. The maximum absolute atomic E-state index is 12.0. The van der Waals surface area contributed by atoms with Crippen LogP contribution in [0.2, 0.25) is 0 Å². The number of hydrogen-bond donors (Lipinski definition) is 10. The Labute approximate surface area is 181 Å². The summed E-state index contributed by atoms with van der Waals surface area (Å²) in [6.07, 6.45) is -16.9. The van der Waals surface area contributed by atoms with E-state index >= 15 is 0 Å². The van der Waals surface area contributed by atoms with Crippen molar-refractivity contribution in [1.29, 1.82) is 0 Å². The Hall–Kier alpha value is -1.50. The van der Waals surface area contributed by atoms with Gasteiger partial charge in [-0.1, -0.05) is 0 Å². The first-order valence-electron chi connectivity index (χ1n) is 9.69. The molecule has 2 rings (SSSR count). The van der Waals surface area contributed by atoms with Gasteiger partial charge in [-0.05, 0) is 0 Å². The minimum atomic E-state index is -2.69. The molecule has 0 saturated carbocycles. The third-order valence-electron chi connectivity index (χ3n) is 5.35. The molecular weight excluding hydrogens is 442 g/mol. The molecule has 186 valence electrons. The van der Waals surface area contributed by atoms with Crippen LogP contribution in [-0.4, -0.2) is 138 Å². The summed E-state index contributed by atoms with van der Waals surface area (Å²) >= 11 is 0. The van der Waals surface area contributed by atoms with Crippen molar-refractivity contribution in [3.05, 3.63) is 0 Å². The summed E-state index contributed by atoms with van der Waals surface area (Å²) in [5.41, 5.74) is 0. The zero-order chi connectivity index (χ0) is 24.4. The molecule has 1 amide bonds. The van der Waals surface area contributed by atoms with Gasteiger partial charge in [0.05, 0.1) is 25.4 Å². The van der Waals surface area contributed by atoms with Crippen LogP contribution in [-0.2, 0) is 23.8 Å². The largest absolute Gasteiger partial charge is 0.477 e. The van der Waals surface area contributed by atoms with Gasteiger partial charge < -0.3 is 65.5 Å². The molecule has 0 aromatic heterocycles. The Morgan fingerprint density at radius 3 is 2.28 bits per heavy atom. The molecule has 0 aliphatic carbocycles. The smallest absolute Gasteiger partial charge is 0.364 e. The lowest BCUT2D eigenvalue weighted by atomic mass is 9.88. The number of nitrogens with one attached hydrogen (secondary N) is 1. The zero-order valence-electron chi connectivity index (χ0n) is 17.0. The van der Waals surface area contributed by atoms with E-state index in [1.54, 1.807) is 0 Å². The summed E-state index contributed by atoms with van der Waals surface area (Å²) in [5.74, 6) is -5.15. The number of carbonyl (C=O) groups is 2. The average Bonchev–Trinajstić information content (AvgIpc) is 2.73. The SMILES string of the molecule is CC(=O)N[C@H]1[C@H]([C@H](O)[C@H](O)CO)O[C@@](OC[C@H]2O[C@@H](O)[C@H](O)[C@@H](O)[C@@H]2O)(C(=O)O)C[C@@H]1O. The number of aliphatic hydroxyl groups excluding tert-OH is 8. The Bertz CT molecular complexity index is 665. The van der Waals surface area contributed by atoms with Crippen molar-refractivity contribution >= 4 is 11.9 Å². The van der Waals surface area contributed by atoms with Crippen molar-refractivity contribution in [2.75, 3.05) is 13.2 Å². The van der Waals surface area contributed by atoms with E-state index in [0.29, 0.717) is 0 Å². The summed E-state index contributed by atoms with van der Waals surface area (Å²) in [6.45, 7) is -0.691. The van der Waals surface area contributed by atoms with E-state index in [-0.39, 0.29) is 0 Å². The predicted octanol–water partition coefficient (Wildman–Crippen LogP) is -6.05. The molecule has 0 radical (unpaired) electrons. The highest BCUT2D eigenvalue weighted by Gasteiger charge is 2.56. The van der Waals surface area contributed by atoms with E-state index in [2.05, 4.69) is 5.32 Å². The molecule has 0 aromatic carbocycles. The first-order valence-corrected chi connectivity index (χ1v) is 9.69. The lowest BCUT2D eigenvalue weighted by Crippen LogP contribution is -2.68. The summed E-state index contributed by atoms with van der Waals surface area (Å²) in [6, 6.07) is -1.39. The summed E-state index contributed by atoms with van der Waals surface area (Å²) in [4.78, 5) is 23.5. The number of aliphatic carboxylic acids is 1. The van der Waals surface area contributed by atoms with Crippen LogP contribution in [0.4, 0.5) is 0 Å². The van der Waals surface area contributed by atoms with Crippen LogP contribution in [0.5, 0.6) is 0 Å². The van der Waals surface area contributed by atoms with Crippen LogP contribution < -0.4 is 5.32 Å². The normalized spacial score (nSPS) is 42.2. The Balaban J connectivity index is 2.27. The first kappa shape index (κ1) is 26.7. The monoisotopic (exact) mass is 471 g/mol. The van der Waals surface area contributed by atoms with Crippen LogP contribution in [0.3, 0.4) is 0 Å². The van der Waals surface area contributed by atoms with E-state index in [4.69, 9.17) is 19.3 Å². The number of ether oxygens (including phenoxy) is 3. The van der Waals surface area contributed by atoms with Crippen LogP contribution in [0.1, 0.15) is 13.3 Å². The fraction of sp³-hybridized carbons (Fsp3) is 0.882. The second-order valence-corrected chi connectivity index (χ2v) is 7.73. The molecule has 0 bridgehead atoms. The van der Waals surface area contributed by atoms with Gasteiger partial charge in [-0.3, -0.25) is 4.79 Å². The third-order valence-corrected chi connectivity index (χ3v) is 5.35. The number of amides is 1. The molecule has 2 aliphatic heterocycles. The van der Waals surface area contributed by atoms with Gasteiger partial charge in [0.2, 0.25) is 5.91 Å². The van der Waals surface area contributed by atoms with Crippen molar-refractivity contribution in [2.24, 2.45) is 0 Å². The number of aliphatic hydroxyl groups is 8. The summed E-state index contributed by atoms with van der Waals surface area (Å²) in [7, 11) is 0. The molecule has 2 aliphatic rings. The Morgan fingerprint density at radius 2 is 1.75 bits per heavy atom. The third kappa shape index (κ3) is 5.52. The molecule has 2 heterocycles. The van der Waals surface area contributed by atoms with Gasteiger partial charge >= 0.3 is 5.97 Å². The quantitative estimate of drug-likeness (QED) is 0.158. The number of carboxylic acid groups (broad SMARTS) is 1. The Kier molecular flexibility index (Phi) is 8.88. The predicted molar refractivity (Wildman–Crippen MR) is 97.4 cm³/mol. The lowest BCUT2D eigenvalue weighted by Gasteiger charge is -2.47. The standard InChI is InChI=1S/C17H29NO14/c1-5(20)18-9-6(21)2-17(16(28)29,32-14(9)10(23)7(22)3-19)30-4-8-11(24)12(25)13(26)15(27)31-8/h6-15,19,21-27H,2-4H2,1H3,(H,18,20)(H,28,29)/t6-,7+,8+,9+,10+,11+,12-,13+,14+,15+,17+/m0/s1. The summed E-state index contributed by atoms with van der Waals surface area (Å²) in [5, 5.41) is 90.6. The van der Waals surface area contributed by atoms with Gasteiger partial charge in [0, 0.05) is 13.3 Å². The first-order chi connectivity index (χ1) is 14.8. The van der Waals surface area contributed by atoms with Crippen LogP contribution in [0.15, 0.2) is 0 Å². The average molecular weight is 471 g/mol. The van der Waals surface area contributed by atoms with Crippen molar-refractivity contribution in [1.82, 2.24) is 5.32 Å². The van der Waals surface area contributed by atoms with Gasteiger partial charge in [-0.25, -0.2) is 4.79 Å². The van der Waals surface area contributed by atoms with Gasteiger partial charge in [0.25, 0.3) is 5.79 Å². The second kappa shape index (κ2) is 10.6. The van der Waals surface area contributed by atoms with Crippen molar-refractivity contribution in [3.8, 4) is 0 Å². The highest BCUT2D eigenvalue weighted by atomic mass is 16.7. The maximum atomic E-state index is 12.0. The maximum Gasteiger partial charge on any atom is 0.364 e. The van der Waals surface area contributed by atoms with Crippen molar-refractivity contribution in [3.63, 3.8) is 0 Å². The molecule has 15 heteroatoms. The molecule has 0 unspecified atom stereocenters. The second-order valence-electron chi connectivity index (χ2n) is 7.73. The van der Waals surface area contributed by atoms with Crippen molar-refractivity contribution in [2.45, 2.75) is 80.3 Å². The number of rotatable bonds is 8. The van der Waals surface area contributed by atoms with Gasteiger partial charge in [0.15, 0.2) is 6.29 Å². The lowest BCUT2D eigenvalue weighted by molar-refractivity contribution is -0.334. The topological polar surface area (TPSA) is 256 Å². The number of hydrogen-bond acceptors (Lipinski definition) is 13. The molecule has 11 atom stereocenters. The van der Waals surface area contributed by atoms with E-state index in [9.17, 15) is 50.4 Å². The molecule has 15 nitrogen and oxygen atoms in total. The fourth-order valence-corrected chi connectivity index (χ4v) is 3.56. The molecular formula is C17H29NO14. The molecule has 32 heavy (non-hydrogen) atoms. The van der Waals surface area contributed by atoms with Crippen LogP contribution in [0, 0.1) is 0 Å². The molecule has 0 spiro atoms. The van der Waals surface area contributed by atoms with E-state index in [0.717, 1.165) is 6.92 Å². The highest BCUT2D eigenvalue weighted by Crippen LogP contribution is 2.34.